The number of carbonyl (C=O) groups excluding carboxylic acids is 1. The number of hydrogen-bond donors (Lipinski definition) is 1. The molecule has 1 N–H and O–H groups in total. The lowest BCUT2D eigenvalue weighted by atomic mass is 10.1. The van der Waals surface area contributed by atoms with Gasteiger partial charge in [0.05, 0.1) is 6.54 Å². The van der Waals surface area contributed by atoms with E-state index in [1.54, 1.807) is 38.1 Å². The molecule has 21 heavy (non-hydrogen) atoms. The molecule has 2 aromatic rings. The van der Waals surface area contributed by atoms with Crippen LogP contribution in [-0.4, -0.2) is 16.5 Å². The van der Waals surface area contributed by atoms with Crippen LogP contribution in [0.15, 0.2) is 29.6 Å². The van der Waals surface area contributed by atoms with Crippen LogP contribution in [0.3, 0.4) is 0 Å². The van der Waals surface area contributed by atoms with Crippen molar-refractivity contribution in [1.29, 1.82) is 0 Å². The summed E-state index contributed by atoms with van der Waals surface area (Å²) in [6.07, 6.45) is 0. The van der Waals surface area contributed by atoms with Crippen LogP contribution >= 0.6 is 22.9 Å². The van der Waals surface area contributed by atoms with E-state index in [4.69, 9.17) is 16.3 Å². The summed E-state index contributed by atoms with van der Waals surface area (Å²) in [5.74, 6) is 0.412. The maximum absolute atomic E-state index is 12.2. The SMILES string of the molecule is Cc1csc(CNC(=O)C(C)(C)Oc2ccc(Cl)cc2)n1. The van der Waals surface area contributed by atoms with E-state index in [0.717, 1.165) is 10.7 Å². The number of nitrogens with one attached hydrogen (secondary N) is 1. The van der Waals surface area contributed by atoms with Gasteiger partial charge in [0, 0.05) is 16.1 Å². The molecule has 0 radical (unpaired) electrons. The number of aromatic nitrogens is 1. The molecule has 1 heterocycles. The van der Waals surface area contributed by atoms with Crippen LogP contribution in [0.1, 0.15) is 24.5 Å². The van der Waals surface area contributed by atoms with Gasteiger partial charge in [0.1, 0.15) is 10.8 Å². The Bertz CT molecular complexity index is 623. The van der Waals surface area contributed by atoms with Crippen molar-refractivity contribution in [3.05, 3.63) is 45.4 Å². The van der Waals surface area contributed by atoms with Crippen molar-refractivity contribution < 1.29 is 9.53 Å². The van der Waals surface area contributed by atoms with E-state index in [1.807, 2.05) is 12.3 Å². The molecule has 0 unspecified atom stereocenters. The Kier molecular flexibility index (Phi) is 4.85. The number of amides is 1. The quantitative estimate of drug-likeness (QED) is 0.914. The smallest absolute Gasteiger partial charge is 0.263 e. The predicted molar refractivity (Wildman–Crippen MR) is 84.9 cm³/mol. The second-order valence-electron chi connectivity index (χ2n) is 5.13. The van der Waals surface area contributed by atoms with Gasteiger partial charge in [-0.05, 0) is 45.0 Å². The number of aryl methyl sites for hydroxylation is 1. The lowest BCUT2D eigenvalue weighted by Gasteiger charge is -2.25. The molecule has 0 bridgehead atoms. The Morgan fingerprint density at radius 1 is 1.38 bits per heavy atom. The van der Waals surface area contributed by atoms with Crippen molar-refractivity contribution in [3.8, 4) is 5.75 Å². The first-order valence-corrected chi connectivity index (χ1v) is 7.76. The minimum absolute atomic E-state index is 0.190. The molecule has 0 saturated heterocycles. The number of hydrogen-bond acceptors (Lipinski definition) is 4. The average molecular weight is 325 g/mol. The third-order valence-corrected chi connectivity index (χ3v) is 4.02. The molecule has 4 nitrogen and oxygen atoms in total. The van der Waals surface area contributed by atoms with E-state index in [-0.39, 0.29) is 5.91 Å². The van der Waals surface area contributed by atoms with Crippen LogP contribution in [0.25, 0.3) is 0 Å². The monoisotopic (exact) mass is 324 g/mol. The highest BCUT2D eigenvalue weighted by Gasteiger charge is 2.29. The third-order valence-electron chi connectivity index (χ3n) is 2.80. The van der Waals surface area contributed by atoms with E-state index in [1.165, 1.54) is 11.3 Å². The van der Waals surface area contributed by atoms with Crippen molar-refractivity contribution in [2.24, 2.45) is 0 Å². The van der Waals surface area contributed by atoms with E-state index in [2.05, 4.69) is 10.3 Å². The van der Waals surface area contributed by atoms with Crippen molar-refractivity contribution in [2.75, 3.05) is 0 Å². The van der Waals surface area contributed by atoms with Gasteiger partial charge in [-0.1, -0.05) is 11.6 Å². The highest BCUT2D eigenvalue weighted by molar-refractivity contribution is 7.09. The molecule has 1 amide bonds. The Morgan fingerprint density at radius 2 is 2.05 bits per heavy atom. The van der Waals surface area contributed by atoms with Gasteiger partial charge in [-0.2, -0.15) is 0 Å². The minimum Gasteiger partial charge on any atom is -0.478 e. The number of rotatable bonds is 5. The van der Waals surface area contributed by atoms with Gasteiger partial charge in [0.25, 0.3) is 5.91 Å². The van der Waals surface area contributed by atoms with Gasteiger partial charge >= 0.3 is 0 Å². The fourth-order valence-electron chi connectivity index (χ4n) is 1.70. The molecule has 0 spiro atoms. The number of thiazole rings is 1. The minimum atomic E-state index is -0.972. The Morgan fingerprint density at radius 3 is 2.62 bits per heavy atom. The number of ether oxygens (including phenoxy) is 1. The van der Waals surface area contributed by atoms with Gasteiger partial charge in [-0.25, -0.2) is 4.98 Å². The van der Waals surface area contributed by atoms with Crippen LogP contribution in [0.4, 0.5) is 0 Å². The zero-order valence-corrected chi connectivity index (χ0v) is 13.7. The lowest BCUT2D eigenvalue weighted by Crippen LogP contribution is -2.46. The molecule has 0 aliphatic carbocycles. The normalized spacial score (nSPS) is 11.2. The van der Waals surface area contributed by atoms with Crippen molar-refractivity contribution in [3.63, 3.8) is 0 Å². The van der Waals surface area contributed by atoms with Gasteiger partial charge in [-0.15, -0.1) is 11.3 Å². The Hall–Kier alpha value is -1.59. The molecule has 0 atom stereocenters. The topological polar surface area (TPSA) is 51.2 Å². The maximum atomic E-state index is 12.2. The van der Waals surface area contributed by atoms with Gasteiger partial charge < -0.3 is 10.1 Å². The summed E-state index contributed by atoms with van der Waals surface area (Å²) in [5.41, 5.74) is -0.0129. The molecular formula is C15H17ClN2O2S. The average Bonchev–Trinajstić information content (AvgIpc) is 2.84. The summed E-state index contributed by atoms with van der Waals surface area (Å²) in [4.78, 5) is 16.5. The first-order valence-electron chi connectivity index (χ1n) is 6.51. The molecule has 112 valence electrons. The largest absolute Gasteiger partial charge is 0.478 e. The standard InChI is InChI=1S/C15H17ClN2O2S/c1-10-9-21-13(18-10)8-17-14(19)15(2,3)20-12-6-4-11(16)5-7-12/h4-7,9H,8H2,1-3H3,(H,17,19). The molecule has 6 heteroatoms. The molecule has 1 aromatic carbocycles. The Balaban J connectivity index is 1.94. The van der Waals surface area contributed by atoms with Crippen molar-refractivity contribution in [2.45, 2.75) is 32.9 Å². The summed E-state index contributed by atoms with van der Waals surface area (Å²) in [7, 11) is 0. The van der Waals surface area contributed by atoms with Gasteiger partial charge in [-0.3, -0.25) is 4.79 Å². The first kappa shape index (κ1) is 15.8. The van der Waals surface area contributed by atoms with E-state index >= 15 is 0 Å². The van der Waals surface area contributed by atoms with Gasteiger partial charge in [0.2, 0.25) is 0 Å². The van der Waals surface area contributed by atoms with Crippen LogP contribution in [0.2, 0.25) is 5.02 Å². The third kappa shape index (κ3) is 4.44. The second kappa shape index (κ2) is 6.45. The van der Waals surface area contributed by atoms with Crippen LogP contribution in [-0.2, 0) is 11.3 Å². The molecule has 0 saturated carbocycles. The predicted octanol–water partition coefficient (Wildman–Crippen LogP) is 3.58. The highest BCUT2D eigenvalue weighted by atomic mass is 35.5. The number of halogens is 1. The van der Waals surface area contributed by atoms with Crippen molar-refractivity contribution in [1.82, 2.24) is 10.3 Å². The number of nitrogens with zero attached hydrogens (tertiary/aromatic N) is 1. The van der Waals surface area contributed by atoms with Crippen molar-refractivity contribution >= 4 is 28.8 Å². The first-order chi connectivity index (χ1) is 9.87. The highest BCUT2D eigenvalue weighted by Crippen LogP contribution is 2.21. The summed E-state index contributed by atoms with van der Waals surface area (Å²) >= 11 is 7.35. The van der Waals surface area contributed by atoms with E-state index in [9.17, 15) is 4.79 Å². The fraction of sp³-hybridized carbons (Fsp3) is 0.333. The zero-order valence-electron chi connectivity index (χ0n) is 12.1. The van der Waals surface area contributed by atoms with E-state index < -0.39 is 5.60 Å². The summed E-state index contributed by atoms with van der Waals surface area (Å²) in [6, 6.07) is 6.93. The molecule has 0 aliphatic heterocycles. The molecule has 1 aromatic heterocycles. The second-order valence-corrected chi connectivity index (χ2v) is 6.51. The molecule has 0 fully saturated rings. The summed E-state index contributed by atoms with van der Waals surface area (Å²) in [5, 5.41) is 6.30. The van der Waals surface area contributed by atoms with Crippen LogP contribution < -0.4 is 10.1 Å². The number of benzene rings is 1. The maximum Gasteiger partial charge on any atom is 0.263 e. The summed E-state index contributed by atoms with van der Waals surface area (Å²) in [6.45, 7) is 5.79. The van der Waals surface area contributed by atoms with E-state index in [0.29, 0.717) is 17.3 Å². The fourth-order valence-corrected chi connectivity index (χ4v) is 2.53. The molecule has 0 aliphatic rings. The number of carbonyl (C=O) groups is 1. The lowest BCUT2D eigenvalue weighted by molar-refractivity contribution is -0.134. The molecular weight excluding hydrogens is 308 g/mol. The molecule has 2 rings (SSSR count). The zero-order chi connectivity index (χ0) is 15.5. The summed E-state index contributed by atoms with van der Waals surface area (Å²) < 4.78 is 5.72. The Labute approximate surface area is 133 Å². The van der Waals surface area contributed by atoms with Crippen LogP contribution in [0.5, 0.6) is 5.75 Å². The van der Waals surface area contributed by atoms with Gasteiger partial charge in [0.15, 0.2) is 5.60 Å². The van der Waals surface area contributed by atoms with Crippen LogP contribution in [0, 0.1) is 6.92 Å².